The summed E-state index contributed by atoms with van der Waals surface area (Å²) in [6, 6.07) is 7.85. The molecule has 0 saturated carbocycles. The van der Waals surface area contributed by atoms with Gasteiger partial charge in [0.15, 0.2) is 0 Å². The molecule has 88 valence electrons. The van der Waals surface area contributed by atoms with Crippen LogP contribution in [-0.2, 0) is 6.54 Å². The first-order valence-corrected chi connectivity index (χ1v) is 5.63. The Balaban J connectivity index is 2.23. The summed E-state index contributed by atoms with van der Waals surface area (Å²) in [4.78, 5) is 13.8. The lowest BCUT2D eigenvalue weighted by molar-refractivity contribution is 0.0751. The zero-order chi connectivity index (χ0) is 12.0. The number of benzene rings is 1. The lowest BCUT2D eigenvalue weighted by atomic mass is 10.2. The van der Waals surface area contributed by atoms with Gasteiger partial charge in [0, 0.05) is 31.0 Å². The van der Waals surface area contributed by atoms with E-state index in [1.807, 2.05) is 31.3 Å². The van der Waals surface area contributed by atoms with Gasteiger partial charge in [-0.05, 0) is 24.3 Å². The molecule has 2 heterocycles. The van der Waals surface area contributed by atoms with Gasteiger partial charge in [-0.25, -0.2) is 0 Å². The number of fused-ring (bicyclic) bond motifs is 3. The van der Waals surface area contributed by atoms with Crippen LogP contribution in [0, 0.1) is 0 Å². The number of ether oxygens (including phenoxy) is 1. The smallest absolute Gasteiger partial charge is 0.270 e. The topological polar surface area (TPSA) is 34.5 Å². The van der Waals surface area contributed by atoms with Crippen LogP contribution < -0.4 is 4.74 Å². The van der Waals surface area contributed by atoms with Crippen molar-refractivity contribution < 1.29 is 9.53 Å². The largest absolute Gasteiger partial charge is 0.497 e. The van der Waals surface area contributed by atoms with E-state index in [2.05, 4.69) is 4.57 Å². The third-order valence-corrected chi connectivity index (χ3v) is 3.33. The first-order chi connectivity index (χ1) is 8.20. The first kappa shape index (κ1) is 10.2. The molecule has 1 aliphatic heterocycles. The van der Waals surface area contributed by atoms with E-state index in [1.165, 1.54) is 0 Å². The normalized spacial score (nSPS) is 15.2. The van der Waals surface area contributed by atoms with Gasteiger partial charge in [-0.3, -0.25) is 4.79 Å². The number of hydrogen-bond donors (Lipinski definition) is 0. The summed E-state index contributed by atoms with van der Waals surface area (Å²) >= 11 is 0. The lowest BCUT2D eigenvalue weighted by Gasteiger charge is -2.24. The standard InChI is InChI=1S/C13H14N2O2/c1-14-5-6-15-11-4-3-10(17-2)7-9(11)8-12(15)13(14)16/h3-4,7-8H,5-6H2,1-2H3. The van der Waals surface area contributed by atoms with E-state index in [4.69, 9.17) is 4.74 Å². The lowest BCUT2D eigenvalue weighted by Crippen LogP contribution is -2.36. The summed E-state index contributed by atoms with van der Waals surface area (Å²) < 4.78 is 7.28. The molecule has 0 spiro atoms. The molecule has 3 rings (SSSR count). The second kappa shape index (κ2) is 3.52. The number of amides is 1. The predicted molar refractivity (Wildman–Crippen MR) is 65.5 cm³/mol. The number of rotatable bonds is 1. The van der Waals surface area contributed by atoms with E-state index in [0.29, 0.717) is 0 Å². The number of likely N-dealkylation sites (N-methyl/N-ethyl adjacent to an activating group) is 1. The Morgan fingerprint density at radius 2 is 2.06 bits per heavy atom. The van der Waals surface area contributed by atoms with E-state index in [-0.39, 0.29) is 5.91 Å². The highest BCUT2D eigenvalue weighted by Crippen LogP contribution is 2.26. The molecule has 1 aliphatic rings. The summed E-state index contributed by atoms with van der Waals surface area (Å²) in [5, 5.41) is 1.06. The Labute approximate surface area is 99.4 Å². The minimum atomic E-state index is 0.0893. The van der Waals surface area contributed by atoms with Crippen LogP contribution in [-0.4, -0.2) is 36.1 Å². The quantitative estimate of drug-likeness (QED) is 0.747. The average molecular weight is 230 g/mol. The summed E-state index contributed by atoms with van der Waals surface area (Å²) in [5.41, 5.74) is 1.87. The zero-order valence-electron chi connectivity index (χ0n) is 9.93. The highest BCUT2D eigenvalue weighted by molar-refractivity contribution is 5.99. The Hall–Kier alpha value is -1.97. The highest BCUT2D eigenvalue weighted by Gasteiger charge is 2.23. The number of carbonyl (C=O) groups is 1. The van der Waals surface area contributed by atoms with Crippen molar-refractivity contribution in [3.8, 4) is 5.75 Å². The van der Waals surface area contributed by atoms with Gasteiger partial charge in [-0.1, -0.05) is 0 Å². The zero-order valence-corrected chi connectivity index (χ0v) is 9.93. The molecular weight excluding hydrogens is 216 g/mol. The van der Waals surface area contributed by atoms with Crippen molar-refractivity contribution in [1.29, 1.82) is 0 Å². The molecule has 0 bridgehead atoms. The summed E-state index contributed by atoms with van der Waals surface area (Å²) in [6.45, 7) is 1.62. The average Bonchev–Trinajstić information content (AvgIpc) is 2.72. The Morgan fingerprint density at radius 3 is 2.82 bits per heavy atom. The van der Waals surface area contributed by atoms with Gasteiger partial charge in [0.1, 0.15) is 11.4 Å². The number of nitrogens with zero attached hydrogens (tertiary/aromatic N) is 2. The molecule has 0 fully saturated rings. The molecule has 2 aromatic rings. The summed E-state index contributed by atoms with van der Waals surface area (Å²) in [7, 11) is 3.49. The molecule has 0 atom stereocenters. The highest BCUT2D eigenvalue weighted by atomic mass is 16.5. The van der Waals surface area contributed by atoms with Gasteiger partial charge in [-0.15, -0.1) is 0 Å². The van der Waals surface area contributed by atoms with E-state index in [0.717, 1.165) is 35.4 Å². The second-order valence-corrected chi connectivity index (χ2v) is 4.33. The maximum atomic E-state index is 12.0. The molecule has 1 aromatic heterocycles. The van der Waals surface area contributed by atoms with Gasteiger partial charge in [0.25, 0.3) is 5.91 Å². The number of hydrogen-bond acceptors (Lipinski definition) is 2. The molecule has 0 aliphatic carbocycles. The van der Waals surface area contributed by atoms with E-state index in [9.17, 15) is 4.79 Å². The molecule has 1 amide bonds. The molecule has 4 nitrogen and oxygen atoms in total. The van der Waals surface area contributed by atoms with Crippen LogP contribution >= 0.6 is 0 Å². The second-order valence-electron chi connectivity index (χ2n) is 4.33. The van der Waals surface area contributed by atoms with Crippen LogP contribution in [0.1, 0.15) is 10.5 Å². The van der Waals surface area contributed by atoms with Crippen LogP contribution in [0.3, 0.4) is 0 Å². The molecule has 4 heteroatoms. The number of aromatic nitrogens is 1. The maximum absolute atomic E-state index is 12.0. The van der Waals surface area contributed by atoms with Crippen LogP contribution in [0.25, 0.3) is 10.9 Å². The molecule has 0 unspecified atom stereocenters. The van der Waals surface area contributed by atoms with Crippen molar-refractivity contribution in [2.45, 2.75) is 6.54 Å². The van der Waals surface area contributed by atoms with Gasteiger partial charge in [-0.2, -0.15) is 0 Å². The fourth-order valence-electron chi connectivity index (χ4n) is 2.34. The van der Waals surface area contributed by atoms with Crippen molar-refractivity contribution in [3.05, 3.63) is 30.0 Å². The molecule has 17 heavy (non-hydrogen) atoms. The van der Waals surface area contributed by atoms with Gasteiger partial charge in [0.2, 0.25) is 0 Å². The molecule has 1 aromatic carbocycles. The van der Waals surface area contributed by atoms with Gasteiger partial charge >= 0.3 is 0 Å². The summed E-state index contributed by atoms with van der Waals surface area (Å²) in [6.07, 6.45) is 0. The third kappa shape index (κ3) is 1.40. The minimum Gasteiger partial charge on any atom is -0.497 e. The Bertz CT molecular complexity index is 601. The molecule has 0 N–H and O–H groups in total. The SMILES string of the molecule is COc1ccc2c(c1)cc1n2CCN(C)C1=O. The van der Waals surface area contributed by atoms with Crippen molar-refractivity contribution in [1.82, 2.24) is 9.47 Å². The molecule has 0 saturated heterocycles. The maximum Gasteiger partial charge on any atom is 0.270 e. The number of methoxy groups -OCH3 is 1. The molecular formula is C13H14N2O2. The van der Waals surface area contributed by atoms with Crippen molar-refractivity contribution >= 4 is 16.8 Å². The Kier molecular flexibility index (Phi) is 2.11. The van der Waals surface area contributed by atoms with Crippen molar-refractivity contribution in [2.24, 2.45) is 0 Å². The fraction of sp³-hybridized carbons (Fsp3) is 0.308. The van der Waals surface area contributed by atoms with E-state index < -0.39 is 0 Å². The summed E-state index contributed by atoms with van der Waals surface area (Å²) in [5.74, 6) is 0.910. The predicted octanol–water partition coefficient (Wildman–Crippen LogP) is 1.74. The Morgan fingerprint density at radius 1 is 1.24 bits per heavy atom. The minimum absolute atomic E-state index is 0.0893. The van der Waals surface area contributed by atoms with E-state index >= 15 is 0 Å². The van der Waals surface area contributed by atoms with Crippen molar-refractivity contribution in [3.63, 3.8) is 0 Å². The van der Waals surface area contributed by atoms with Crippen LogP contribution in [0.5, 0.6) is 5.75 Å². The monoisotopic (exact) mass is 230 g/mol. The van der Waals surface area contributed by atoms with Crippen LogP contribution in [0.4, 0.5) is 0 Å². The fourth-order valence-corrected chi connectivity index (χ4v) is 2.34. The van der Waals surface area contributed by atoms with Crippen LogP contribution in [0.2, 0.25) is 0 Å². The number of carbonyl (C=O) groups excluding carboxylic acids is 1. The molecule has 0 radical (unpaired) electrons. The van der Waals surface area contributed by atoms with Crippen molar-refractivity contribution in [2.75, 3.05) is 20.7 Å². The first-order valence-electron chi connectivity index (χ1n) is 5.63. The van der Waals surface area contributed by atoms with Crippen LogP contribution in [0.15, 0.2) is 24.3 Å². The van der Waals surface area contributed by atoms with Gasteiger partial charge in [0.05, 0.1) is 7.11 Å². The third-order valence-electron chi connectivity index (χ3n) is 3.33. The van der Waals surface area contributed by atoms with Gasteiger partial charge < -0.3 is 14.2 Å². The van der Waals surface area contributed by atoms with E-state index in [1.54, 1.807) is 12.0 Å².